The highest BCUT2D eigenvalue weighted by atomic mass is 35.5. The summed E-state index contributed by atoms with van der Waals surface area (Å²) in [6.45, 7) is 0. The van der Waals surface area contributed by atoms with Gasteiger partial charge in [-0.2, -0.15) is 20.1 Å². The summed E-state index contributed by atoms with van der Waals surface area (Å²) in [7, 11) is 0. The lowest BCUT2D eigenvalue weighted by Gasteiger charge is -2.05. The van der Waals surface area contributed by atoms with E-state index in [0.717, 1.165) is 0 Å². The van der Waals surface area contributed by atoms with E-state index in [1.807, 2.05) is 0 Å². The van der Waals surface area contributed by atoms with Gasteiger partial charge in [-0.05, 0) is 35.9 Å². The number of benzene rings is 1. The van der Waals surface area contributed by atoms with Crippen molar-refractivity contribution < 1.29 is 0 Å². The first-order valence-electron chi connectivity index (χ1n) is 5.50. The number of nitrogens with zero attached hydrogens (tertiary/aromatic N) is 5. The Morgan fingerprint density at radius 3 is 2.50 bits per heavy atom. The lowest BCUT2D eigenvalue weighted by atomic mass is 10.2. The van der Waals surface area contributed by atoms with Gasteiger partial charge in [-0.3, -0.25) is 0 Å². The molecule has 5 nitrogen and oxygen atoms in total. The second-order valence-electron chi connectivity index (χ2n) is 3.81. The molecule has 0 bridgehead atoms. The fourth-order valence-electron chi connectivity index (χ4n) is 1.59. The second kappa shape index (κ2) is 5.36. The minimum atomic E-state index is 0.0755. The van der Waals surface area contributed by atoms with E-state index < -0.39 is 0 Å². The molecule has 0 saturated carbocycles. The van der Waals surface area contributed by atoms with Crippen molar-refractivity contribution in [3.63, 3.8) is 0 Å². The summed E-state index contributed by atoms with van der Waals surface area (Å²) in [5.74, 6) is 0.727. The zero-order valence-electron chi connectivity index (χ0n) is 9.83. The average Bonchev–Trinajstić information content (AvgIpc) is 2.95. The number of aromatic nitrogens is 5. The van der Waals surface area contributed by atoms with Crippen molar-refractivity contribution in [1.82, 2.24) is 24.7 Å². The summed E-state index contributed by atoms with van der Waals surface area (Å²) < 4.78 is 1.49. The molecule has 3 aromatic rings. The van der Waals surface area contributed by atoms with Gasteiger partial charge in [0.05, 0.1) is 10.0 Å². The molecular weight excluding hydrogens is 321 g/mol. The van der Waals surface area contributed by atoms with Gasteiger partial charge in [0, 0.05) is 18.0 Å². The molecule has 0 unspecified atom stereocenters. The van der Waals surface area contributed by atoms with E-state index in [1.54, 1.807) is 36.7 Å². The van der Waals surface area contributed by atoms with Gasteiger partial charge in [0.2, 0.25) is 5.28 Å². The second-order valence-corrected chi connectivity index (χ2v) is 4.96. The zero-order chi connectivity index (χ0) is 14.1. The molecule has 2 aromatic heterocycles. The highest BCUT2D eigenvalue weighted by Gasteiger charge is 2.10. The Balaban J connectivity index is 2.12. The van der Waals surface area contributed by atoms with Crippen molar-refractivity contribution in [2.45, 2.75) is 0 Å². The first-order valence-corrected chi connectivity index (χ1v) is 6.64. The van der Waals surface area contributed by atoms with Crippen LogP contribution in [0.2, 0.25) is 15.3 Å². The standard InChI is InChI=1S/C12H6Cl3N5/c13-8-3-2-7(6-9(8)14)10-17-11(15)19-12(18-10)20-5-1-4-16-20/h1-6H. The predicted octanol–water partition coefficient (Wildman–Crippen LogP) is 3.68. The molecule has 0 N–H and O–H groups in total. The molecule has 0 atom stereocenters. The van der Waals surface area contributed by atoms with Gasteiger partial charge in [0.25, 0.3) is 5.95 Å². The van der Waals surface area contributed by atoms with E-state index in [4.69, 9.17) is 34.8 Å². The summed E-state index contributed by atoms with van der Waals surface area (Å²) in [5.41, 5.74) is 0.692. The molecule has 0 radical (unpaired) electrons. The summed E-state index contributed by atoms with van der Waals surface area (Å²) in [6.07, 6.45) is 3.33. The van der Waals surface area contributed by atoms with Crippen molar-refractivity contribution in [1.29, 1.82) is 0 Å². The van der Waals surface area contributed by atoms with E-state index in [2.05, 4.69) is 20.1 Å². The summed E-state index contributed by atoms with van der Waals surface area (Å²) >= 11 is 17.8. The monoisotopic (exact) mass is 325 g/mol. The molecule has 0 saturated heterocycles. The number of rotatable bonds is 2. The molecule has 0 spiro atoms. The Bertz CT molecular complexity index is 758. The zero-order valence-corrected chi connectivity index (χ0v) is 12.1. The van der Waals surface area contributed by atoms with Gasteiger partial charge < -0.3 is 0 Å². The van der Waals surface area contributed by atoms with E-state index in [-0.39, 0.29) is 5.28 Å². The molecule has 8 heteroatoms. The largest absolute Gasteiger partial charge is 0.255 e. The predicted molar refractivity (Wildman–Crippen MR) is 77.4 cm³/mol. The molecule has 0 aliphatic rings. The normalized spacial score (nSPS) is 10.8. The van der Waals surface area contributed by atoms with Crippen LogP contribution in [0.25, 0.3) is 17.3 Å². The molecule has 2 heterocycles. The Kier molecular flexibility index (Phi) is 3.56. The lowest BCUT2D eigenvalue weighted by Crippen LogP contribution is -2.05. The molecule has 1 aromatic carbocycles. The maximum absolute atomic E-state index is 5.99. The average molecular weight is 327 g/mol. The first kappa shape index (κ1) is 13.3. The molecule has 0 aliphatic heterocycles. The summed E-state index contributed by atoms with van der Waals surface area (Å²) in [4.78, 5) is 12.4. The number of hydrogen-bond donors (Lipinski definition) is 0. The summed E-state index contributed by atoms with van der Waals surface area (Å²) in [5, 5.41) is 5.01. The lowest BCUT2D eigenvalue weighted by molar-refractivity contribution is 0.798. The van der Waals surface area contributed by atoms with Crippen LogP contribution in [0.5, 0.6) is 0 Å². The highest BCUT2D eigenvalue weighted by molar-refractivity contribution is 6.42. The maximum atomic E-state index is 5.99. The highest BCUT2D eigenvalue weighted by Crippen LogP contribution is 2.27. The quantitative estimate of drug-likeness (QED) is 0.721. The molecular formula is C12H6Cl3N5. The van der Waals surface area contributed by atoms with E-state index in [0.29, 0.717) is 27.4 Å². The van der Waals surface area contributed by atoms with Crippen molar-refractivity contribution in [2.75, 3.05) is 0 Å². The molecule has 0 amide bonds. The third-order valence-corrected chi connectivity index (χ3v) is 3.39. The van der Waals surface area contributed by atoms with Crippen molar-refractivity contribution in [2.24, 2.45) is 0 Å². The van der Waals surface area contributed by atoms with Gasteiger partial charge in [-0.1, -0.05) is 23.2 Å². The topological polar surface area (TPSA) is 56.5 Å². The third kappa shape index (κ3) is 2.60. The van der Waals surface area contributed by atoms with Crippen molar-refractivity contribution in [3.05, 3.63) is 52.0 Å². The fourth-order valence-corrected chi connectivity index (χ4v) is 2.05. The van der Waals surface area contributed by atoms with Crippen LogP contribution in [-0.2, 0) is 0 Å². The molecule has 0 aliphatic carbocycles. The van der Waals surface area contributed by atoms with Crippen LogP contribution in [0.1, 0.15) is 0 Å². The van der Waals surface area contributed by atoms with Gasteiger partial charge in [0.15, 0.2) is 5.82 Å². The van der Waals surface area contributed by atoms with Gasteiger partial charge >= 0.3 is 0 Å². The molecule has 3 rings (SSSR count). The van der Waals surface area contributed by atoms with Crippen molar-refractivity contribution >= 4 is 34.8 Å². The van der Waals surface area contributed by atoms with E-state index in [1.165, 1.54) is 4.68 Å². The van der Waals surface area contributed by atoms with Gasteiger partial charge in [0.1, 0.15) is 0 Å². The molecule has 0 fully saturated rings. The smallest absolute Gasteiger partial charge is 0.206 e. The van der Waals surface area contributed by atoms with Gasteiger partial charge in [-0.25, -0.2) is 4.68 Å². The van der Waals surface area contributed by atoms with E-state index in [9.17, 15) is 0 Å². The van der Waals surface area contributed by atoms with Gasteiger partial charge in [-0.15, -0.1) is 0 Å². The summed E-state index contributed by atoms with van der Waals surface area (Å²) in [6, 6.07) is 6.86. The van der Waals surface area contributed by atoms with Crippen LogP contribution in [0.15, 0.2) is 36.7 Å². The Morgan fingerprint density at radius 2 is 1.80 bits per heavy atom. The van der Waals surface area contributed by atoms with Crippen molar-refractivity contribution in [3.8, 4) is 17.3 Å². The Morgan fingerprint density at radius 1 is 0.950 bits per heavy atom. The fraction of sp³-hybridized carbons (Fsp3) is 0. The van der Waals surface area contributed by atoms with Crippen LogP contribution in [0.4, 0.5) is 0 Å². The Labute approximate surface area is 129 Å². The van der Waals surface area contributed by atoms with Crippen LogP contribution in [0.3, 0.4) is 0 Å². The Hall–Kier alpha value is -1.69. The SMILES string of the molecule is Clc1nc(-c2ccc(Cl)c(Cl)c2)nc(-n2cccn2)n1. The van der Waals surface area contributed by atoms with Crippen LogP contribution in [-0.4, -0.2) is 24.7 Å². The number of hydrogen-bond acceptors (Lipinski definition) is 4. The minimum absolute atomic E-state index is 0.0755. The third-order valence-electron chi connectivity index (χ3n) is 2.48. The molecule has 100 valence electrons. The minimum Gasteiger partial charge on any atom is -0.206 e. The van der Waals surface area contributed by atoms with Crippen LogP contribution in [0, 0.1) is 0 Å². The van der Waals surface area contributed by atoms with E-state index >= 15 is 0 Å². The maximum Gasteiger partial charge on any atom is 0.255 e. The number of halogens is 3. The van der Waals surface area contributed by atoms with Crippen LogP contribution >= 0.6 is 34.8 Å². The first-order chi connectivity index (χ1) is 9.63. The molecule has 20 heavy (non-hydrogen) atoms. The van der Waals surface area contributed by atoms with Crippen LogP contribution < -0.4 is 0 Å².